The number of hydrogen-bond donors (Lipinski definition) is 1. The van der Waals surface area contributed by atoms with Gasteiger partial charge in [-0.15, -0.1) is 0 Å². The Morgan fingerprint density at radius 2 is 2.29 bits per heavy atom. The number of hydrogen-bond acceptors (Lipinski definition) is 3. The van der Waals surface area contributed by atoms with Crippen molar-refractivity contribution >= 4 is 6.03 Å². The molecule has 2 atom stereocenters. The predicted octanol–water partition coefficient (Wildman–Crippen LogP) is 1.07. The molecule has 2 aliphatic rings. The van der Waals surface area contributed by atoms with Gasteiger partial charge >= 0.3 is 6.03 Å². The maximum atomic E-state index is 11.9. The molecular weight excluding hydrogens is 216 g/mol. The summed E-state index contributed by atoms with van der Waals surface area (Å²) in [6.07, 6.45) is 9.61. The number of rotatable bonds is 1. The summed E-state index contributed by atoms with van der Waals surface area (Å²) in [4.78, 5) is 18.3. The fourth-order valence-electron chi connectivity index (χ4n) is 2.98. The molecule has 1 N–H and O–H groups in total. The number of aromatic nitrogens is 2. The lowest BCUT2D eigenvalue weighted by Gasteiger charge is -2.35. The van der Waals surface area contributed by atoms with Gasteiger partial charge in [-0.1, -0.05) is 0 Å². The van der Waals surface area contributed by atoms with Gasteiger partial charge in [0.05, 0.1) is 0 Å². The number of piperidine rings is 1. The summed E-state index contributed by atoms with van der Waals surface area (Å²) >= 11 is 0. The summed E-state index contributed by atoms with van der Waals surface area (Å²) in [6, 6.07) is 0.958. The van der Waals surface area contributed by atoms with E-state index in [0.717, 1.165) is 19.4 Å². The van der Waals surface area contributed by atoms with Gasteiger partial charge < -0.3 is 10.2 Å². The van der Waals surface area contributed by atoms with Crippen molar-refractivity contribution in [1.82, 2.24) is 19.8 Å². The third-order valence-electron chi connectivity index (χ3n) is 3.89. The number of nitrogens with one attached hydrogen (secondary N) is 1. The van der Waals surface area contributed by atoms with Gasteiger partial charge in [0.25, 0.3) is 0 Å². The Labute approximate surface area is 101 Å². The van der Waals surface area contributed by atoms with Crippen molar-refractivity contribution in [2.45, 2.75) is 37.8 Å². The van der Waals surface area contributed by atoms with Gasteiger partial charge in [0.1, 0.15) is 6.33 Å². The van der Waals surface area contributed by atoms with Crippen LogP contribution in [0.5, 0.6) is 0 Å². The first-order valence-electron chi connectivity index (χ1n) is 6.36. The molecule has 1 aromatic heterocycles. The Balaban J connectivity index is 1.57. The van der Waals surface area contributed by atoms with Gasteiger partial charge in [-0.25, -0.2) is 9.78 Å². The molecule has 2 fully saturated rings. The van der Waals surface area contributed by atoms with E-state index in [9.17, 15) is 4.79 Å². The van der Waals surface area contributed by atoms with E-state index in [1.807, 2.05) is 0 Å². The van der Waals surface area contributed by atoms with Crippen LogP contribution >= 0.6 is 0 Å². The smallest absolute Gasteiger partial charge is 0.327 e. The molecule has 2 saturated heterocycles. The number of nitrogens with zero attached hydrogens (tertiary/aromatic N) is 3. The Kier molecular flexibility index (Phi) is 2.84. The fraction of sp³-hybridized carbons (Fsp3) is 0.667. The second kappa shape index (κ2) is 4.49. The SMILES string of the molecule is O=C(NC1CCN2CCCC2C1)n1ccnc1. The van der Waals surface area contributed by atoms with Crippen LogP contribution in [-0.2, 0) is 0 Å². The number of imidazole rings is 1. The lowest BCUT2D eigenvalue weighted by atomic mass is 9.98. The zero-order valence-corrected chi connectivity index (χ0v) is 9.88. The molecule has 3 rings (SSSR count). The molecule has 0 aromatic carbocycles. The number of carbonyl (C=O) groups excluding carboxylic acids is 1. The average Bonchev–Trinajstić information content (AvgIpc) is 2.99. The van der Waals surface area contributed by atoms with E-state index in [1.54, 1.807) is 18.7 Å². The molecule has 0 aliphatic carbocycles. The first kappa shape index (κ1) is 10.8. The van der Waals surface area contributed by atoms with Gasteiger partial charge in [0, 0.05) is 31.0 Å². The van der Waals surface area contributed by atoms with Gasteiger partial charge in [-0.05, 0) is 32.2 Å². The summed E-state index contributed by atoms with van der Waals surface area (Å²) in [7, 11) is 0. The molecule has 5 heteroatoms. The Morgan fingerprint density at radius 3 is 3.12 bits per heavy atom. The molecule has 0 bridgehead atoms. The molecule has 2 unspecified atom stereocenters. The van der Waals surface area contributed by atoms with E-state index in [-0.39, 0.29) is 6.03 Å². The van der Waals surface area contributed by atoms with E-state index in [1.165, 1.54) is 24.0 Å². The van der Waals surface area contributed by atoms with Crippen molar-refractivity contribution in [2.75, 3.05) is 13.1 Å². The summed E-state index contributed by atoms with van der Waals surface area (Å²) in [5.74, 6) is 0. The number of amides is 1. The van der Waals surface area contributed by atoms with Crippen molar-refractivity contribution in [1.29, 1.82) is 0 Å². The highest BCUT2D eigenvalue weighted by molar-refractivity contribution is 5.76. The average molecular weight is 234 g/mol. The van der Waals surface area contributed by atoms with Crippen LogP contribution in [-0.4, -0.2) is 45.7 Å². The van der Waals surface area contributed by atoms with Crippen LogP contribution in [0.2, 0.25) is 0 Å². The quantitative estimate of drug-likeness (QED) is 0.790. The van der Waals surface area contributed by atoms with Gasteiger partial charge in [0.2, 0.25) is 0 Å². The van der Waals surface area contributed by atoms with Crippen molar-refractivity contribution in [3.8, 4) is 0 Å². The summed E-state index contributed by atoms with van der Waals surface area (Å²) in [6.45, 7) is 2.37. The van der Waals surface area contributed by atoms with Crippen LogP contribution in [0.4, 0.5) is 4.79 Å². The molecule has 1 amide bonds. The molecule has 0 radical (unpaired) electrons. The highest BCUT2D eigenvalue weighted by atomic mass is 16.2. The third-order valence-corrected chi connectivity index (χ3v) is 3.89. The van der Waals surface area contributed by atoms with Crippen LogP contribution < -0.4 is 5.32 Å². The lowest BCUT2D eigenvalue weighted by molar-refractivity contribution is 0.166. The molecule has 3 heterocycles. The monoisotopic (exact) mass is 234 g/mol. The second-order valence-corrected chi connectivity index (χ2v) is 4.97. The lowest BCUT2D eigenvalue weighted by Crippen LogP contribution is -2.48. The van der Waals surface area contributed by atoms with Crippen LogP contribution in [0.15, 0.2) is 18.7 Å². The van der Waals surface area contributed by atoms with Crippen LogP contribution in [0, 0.1) is 0 Å². The van der Waals surface area contributed by atoms with Crippen molar-refractivity contribution in [3.63, 3.8) is 0 Å². The minimum Gasteiger partial charge on any atom is -0.335 e. The van der Waals surface area contributed by atoms with E-state index in [0.29, 0.717) is 12.1 Å². The van der Waals surface area contributed by atoms with E-state index in [4.69, 9.17) is 0 Å². The first-order valence-corrected chi connectivity index (χ1v) is 6.36. The van der Waals surface area contributed by atoms with Gasteiger partial charge in [0.15, 0.2) is 0 Å². The molecule has 17 heavy (non-hydrogen) atoms. The normalized spacial score (nSPS) is 28.9. The fourth-order valence-corrected chi connectivity index (χ4v) is 2.98. The summed E-state index contributed by atoms with van der Waals surface area (Å²) in [5.41, 5.74) is 0. The van der Waals surface area contributed by atoms with Gasteiger partial charge in [-0.2, -0.15) is 0 Å². The first-order chi connectivity index (χ1) is 8.33. The van der Waals surface area contributed by atoms with Gasteiger partial charge in [-0.3, -0.25) is 4.57 Å². The zero-order chi connectivity index (χ0) is 11.7. The van der Waals surface area contributed by atoms with E-state index in [2.05, 4.69) is 15.2 Å². The predicted molar refractivity (Wildman–Crippen MR) is 63.8 cm³/mol. The Morgan fingerprint density at radius 1 is 1.35 bits per heavy atom. The second-order valence-electron chi connectivity index (χ2n) is 4.97. The van der Waals surface area contributed by atoms with Crippen molar-refractivity contribution in [3.05, 3.63) is 18.7 Å². The van der Waals surface area contributed by atoms with Crippen LogP contribution in [0.25, 0.3) is 0 Å². The summed E-state index contributed by atoms with van der Waals surface area (Å²) < 4.78 is 1.50. The number of fused-ring (bicyclic) bond motifs is 1. The molecule has 2 aliphatic heterocycles. The molecule has 0 saturated carbocycles. The maximum absolute atomic E-state index is 11.9. The largest absolute Gasteiger partial charge is 0.335 e. The van der Waals surface area contributed by atoms with Crippen LogP contribution in [0.1, 0.15) is 25.7 Å². The highest BCUT2D eigenvalue weighted by Gasteiger charge is 2.32. The zero-order valence-electron chi connectivity index (χ0n) is 9.88. The molecule has 1 aromatic rings. The standard InChI is InChI=1S/C12H18N4O/c17-12(16-7-4-13-9-16)14-10-3-6-15-5-1-2-11(15)8-10/h4,7,9-11H,1-3,5-6,8H2,(H,14,17). The minimum absolute atomic E-state index is 0.0565. The molecular formula is C12H18N4O. The van der Waals surface area contributed by atoms with E-state index >= 15 is 0 Å². The minimum atomic E-state index is -0.0565. The Bertz CT molecular complexity index is 389. The topological polar surface area (TPSA) is 50.2 Å². The van der Waals surface area contributed by atoms with Crippen molar-refractivity contribution in [2.24, 2.45) is 0 Å². The summed E-state index contributed by atoms with van der Waals surface area (Å²) in [5, 5.41) is 3.09. The van der Waals surface area contributed by atoms with E-state index < -0.39 is 0 Å². The molecule has 5 nitrogen and oxygen atoms in total. The number of carbonyl (C=O) groups is 1. The Hall–Kier alpha value is -1.36. The maximum Gasteiger partial charge on any atom is 0.327 e. The van der Waals surface area contributed by atoms with Crippen molar-refractivity contribution < 1.29 is 4.79 Å². The third kappa shape index (κ3) is 2.20. The highest BCUT2D eigenvalue weighted by Crippen LogP contribution is 2.26. The molecule has 92 valence electrons. The molecule has 0 spiro atoms. The van der Waals surface area contributed by atoms with Crippen LogP contribution in [0.3, 0.4) is 0 Å².